The summed E-state index contributed by atoms with van der Waals surface area (Å²) >= 11 is 1.78. The SMILES string of the molecule is Cc1[nH]cnc1C(=O)N1CCC2(CC1)OCCc1sc(-c3cccc(N)n3)cc12. The molecule has 1 saturated heterocycles. The number of hydrogen-bond acceptors (Lipinski definition) is 6. The second-order valence-corrected chi connectivity index (χ2v) is 8.79. The third kappa shape index (κ3) is 3.12. The summed E-state index contributed by atoms with van der Waals surface area (Å²) in [6, 6.07) is 7.95. The van der Waals surface area contributed by atoms with Crippen molar-refractivity contribution in [1.82, 2.24) is 19.9 Å². The van der Waals surface area contributed by atoms with Crippen LogP contribution < -0.4 is 5.73 Å². The summed E-state index contributed by atoms with van der Waals surface area (Å²) in [5.41, 5.74) is 9.04. The number of likely N-dealkylation sites (tertiary alicyclic amines) is 1. The second-order valence-electron chi connectivity index (χ2n) is 7.66. The molecule has 2 aliphatic rings. The standard InChI is InChI=1S/C21H23N5O2S/c1-13-19(24-12-23-13)20(27)26-8-6-21(7-9-26)14-11-17(29-16(14)5-10-28-21)15-3-2-4-18(22)25-15/h2-4,11-12H,5-10H2,1H3,(H2,22,25)(H,23,24). The highest BCUT2D eigenvalue weighted by Crippen LogP contribution is 2.46. The number of aromatic amines is 1. The third-order valence-electron chi connectivity index (χ3n) is 5.92. The van der Waals surface area contributed by atoms with Crippen molar-refractivity contribution in [3.63, 3.8) is 0 Å². The number of carbonyl (C=O) groups excluding carboxylic acids is 1. The first-order valence-electron chi connectivity index (χ1n) is 9.85. The first-order valence-corrected chi connectivity index (χ1v) is 10.7. The Kier molecular flexibility index (Phi) is 4.40. The number of hydrogen-bond donors (Lipinski definition) is 2. The average Bonchev–Trinajstić information content (AvgIpc) is 3.35. The predicted molar refractivity (Wildman–Crippen MR) is 112 cm³/mol. The molecule has 29 heavy (non-hydrogen) atoms. The maximum Gasteiger partial charge on any atom is 0.274 e. The molecule has 8 heteroatoms. The van der Waals surface area contributed by atoms with Crippen LogP contribution in [0.4, 0.5) is 5.82 Å². The van der Waals surface area contributed by atoms with Crippen LogP contribution in [0.1, 0.15) is 39.5 Å². The molecule has 1 fully saturated rings. The zero-order chi connectivity index (χ0) is 20.0. The predicted octanol–water partition coefficient (Wildman–Crippen LogP) is 3.13. The minimum atomic E-state index is -0.319. The van der Waals surface area contributed by atoms with Gasteiger partial charge in [0.15, 0.2) is 0 Å². The van der Waals surface area contributed by atoms with Crippen LogP contribution >= 0.6 is 11.3 Å². The van der Waals surface area contributed by atoms with E-state index in [0.29, 0.717) is 31.2 Å². The summed E-state index contributed by atoms with van der Waals surface area (Å²) in [6.07, 6.45) is 4.06. The van der Waals surface area contributed by atoms with E-state index in [4.69, 9.17) is 10.5 Å². The van der Waals surface area contributed by atoms with Crippen molar-refractivity contribution in [1.29, 1.82) is 0 Å². The van der Waals surface area contributed by atoms with Crippen LogP contribution in [0.25, 0.3) is 10.6 Å². The maximum absolute atomic E-state index is 12.8. The lowest BCUT2D eigenvalue weighted by atomic mass is 9.82. The van der Waals surface area contributed by atoms with Crippen molar-refractivity contribution < 1.29 is 9.53 Å². The van der Waals surface area contributed by atoms with Gasteiger partial charge in [0.1, 0.15) is 11.5 Å². The van der Waals surface area contributed by atoms with Crippen molar-refractivity contribution in [2.75, 3.05) is 25.4 Å². The van der Waals surface area contributed by atoms with Crippen molar-refractivity contribution in [3.05, 3.63) is 52.4 Å². The van der Waals surface area contributed by atoms with Gasteiger partial charge >= 0.3 is 0 Å². The molecule has 0 radical (unpaired) electrons. The summed E-state index contributed by atoms with van der Waals surface area (Å²) in [5.74, 6) is 0.518. The molecule has 1 spiro atoms. The highest BCUT2D eigenvalue weighted by atomic mass is 32.1. The van der Waals surface area contributed by atoms with Crippen LogP contribution in [0, 0.1) is 6.92 Å². The number of aromatic nitrogens is 3. The second kappa shape index (κ2) is 6.96. The molecule has 0 unspecified atom stereocenters. The van der Waals surface area contributed by atoms with E-state index < -0.39 is 0 Å². The van der Waals surface area contributed by atoms with Crippen LogP contribution in [0.5, 0.6) is 0 Å². The van der Waals surface area contributed by atoms with Gasteiger partial charge in [0.25, 0.3) is 5.91 Å². The summed E-state index contributed by atoms with van der Waals surface area (Å²) in [6.45, 7) is 3.90. The quantitative estimate of drug-likeness (QED) is 0.678. The van der Waals surface area contributed by atoms with Crippen molar-refractivity contribution in [2.45, 2.75) is 31.8 Å². The number of amides is 1. The molecule has 3 aromatic heterocycles. The van der Waals surface area contributed by atoms with Crippen LogP contribution in [-0.2, 0) is 16.8 Å². The lowest BCUT2D eigenvalue weighted by molar-refractivity contribution is -0.0926. The number of ether oxygens (including phenoxy) is 1. The smallest absolute Gasteiger partial charge is 0.274 e. The van der Waals surface area contributed by atoms with E-state index in [9.17, 15) is 4.79 Å². The van der Waals surface area contributed by atoms with Crippen LogP contribution in [-0.4, -0.2) is 45.5 Å². The zero-order valence-electron chi connectivity index (χ0n) is 16.3. The maximum atomic E-state index is 12.8. The van der Waals surface area contributed by atoms with Gasteiger partial charge in [0, 0.05) is 30.1 Å². The Morgan fingerprint density at radius 2 is 2.17 bits per heavy atom. The molecule has 5 heterocycles. The van der Waals surface area contributed by atoms with Crippen molar-refractivity contribution in [2.24, 2.45) is 0 Å². The van der Waals surface area contributed by atoms with Crippen LogP contribution in [0.3, 0.4) is 0 Å². The normalized spacial score (nSPS) is 18.0. The molecule has 0 aliphatic carbocycles. The fourth-order valence-electron chi connectivity index (χ4n) is 4.34. The number of aryl methyl sites for hydroxylation is 1. The minimum absolute atomic E-state index is 0.00963. The number of anilines is 1. The fraction of sp³-hybridized carbons (Fsp3) is 0.381. The minimum Gasteiger partial charge on any atom is -0.384 e. The van der Waals surface area contributed by atoms with E-state index in [1.165, 1.54) is 10.4 Å². The Hall–Kier alpha value is -2.71. The third-order valence-corrected chi connectivity index (χ3v) is 7.14. The number of thiophene rings is 1. The molecule has 0 aromatic carbocycles. The number of imidazole rings is 1. The van der Waals surface area contributed by atoms with E-state index in [1.54, 1.807) is 23.7 Å². The Bertz CT molecular complexity index is 1060. The lowest BCUT2D eigenvalue weighted by Gasteiger charge is -2.44. The fourth-order valence-corrected chi connectivity index (χ4v) is 5.54. The van der Waals surface area contributed by atoms with Gasteiger partial charge in [-0.05, 0) is 43.5 Å². The highest BCUT2D eigenvalue weighted by molar-refractivity contribution is 7.15. The van der Waals surface area contributed by atoms with Crippen molar-refractivity contribution >= 4 is 23.1 Å². The number of rotatable bonds is 2. The average molecular weight is 410 g/mol. The van der Waals surface area contributed by atoms with Crippen LogP contribution in [0.15, 0.2) is 30.6 Å². The van der Waals surface area contributed by atoms with Gasteiger partial charge in [-0.25, -0.2) is 9.97 Å². The molecule has 2 aliphatic heterocycles. The number of carbonyl (C=O) groups is 1. The summed E-state index contributed by atoms with van der Waals surface area (Å²) in [5, 5.41) is 0. The molecule has 0 atom stereocenters. The number of nitrogens with one attached hydrogen (secondary N) is 1. The molecule has 0 saturated carbocycles. The van der Waals surface area contributed by atoms with E-state index in [0.717, 1.165) is 35.5 Å². The van der Waals surface area contributed by atoms with Gasteiger partial charge in [0.2, 0.25) is 0 Å². The van der Waals surface area contributed by atoms with E-state index in [2.05, 4.69) is 21.0 Å². The number of piperidine rings is 1. The Morgan fingerprint density at radius 1 is 1.34 bits per heavy atom. The molecule has 150 valence electrons. The van der Waals surface area contributed by atoms with Gasteiger partial charge < -0.3 is 20.4 Å². The molecular formula is C21H23N5O2S. The molecule has 1 amide bonds. The van der Waals surface area contributed by atoms with E-state index >= 15 is 0 Å². The largest absolute Gasteiger partial charge is 0.384 e. The number of nitrogen functional groups attached to an aromatic ring is 1. The molecule has 3 aromatic rings. The molecule has 5 rings (SSSR count). The Balaban J connectivity index is 1.40. The summed E-state index contributed by atoms with van der Waals surface area (Å²) in [7, 11) is 0. The molecule has 7 nitrogen and oxygen atoms in total. The number of nitrogens with zero attached hydrogens (tertiary/aromatic N) is 3. The van der Waals surface area contributed by atoms with Gasteiger partial charge in [0.05, 0.1) is 29.1 Å². The zero-order valence-corrected chi connectivity index (χ0v) is 17.1. The monoisotopic (exact) mass is 409 g/mol. The topological polar surface area (TPSA) is 97.1 Å². The molecule has 0 bridgehead atoms. The summed E-state index contributed by atoms with van der Waals surface area (Å²) in [4.78, 5) is 28.8. The van der Waals surface area contributed by atoms with Crippen molar-refractivity contribution in [3.8, 4) is 10.6 Å². The first kappa shape index (κ1) is 18.3. The number of nitrogens with two attached hydrogens (primary N) is 1. The Morgan fingerprint density at radius 3 is 2.90 bits per heavy atom. The van der Waals surface area contributed by atoms with Gasteiger partial charge in [-0.15, -0.1) is 11.3 Å². The molecular weight excluding hydrogens is 386 g/mol. The van der Waals surface area contributed by atoms with Gasteiger partial charge in [-0.3, -0.25) is 4.79 Å². The van der Waals surface area contributed by atoms with Gasteiger partial charge in [-0.1, -0.05) is 6.07 Å². The summed E-state index contributed by atoms with van der Waals surface area (Å²) < 4.78 is 6.35. The number of fused-ring (bicyclic) bond motifs is 2. The van der Waals surface area contributed by atoms with Crippen LogP contribution in [0.2, 0.25) is 0 Å². The number of pyridine rings is 1. The van der Waals surface area contributed by atoms with E-state index in [-0.39, 0.29) is 11.5 Å². The molecule has 3 N–H and O–H groups in total. The number of H-pyrrole nitrogens is 1. The van der Waals surface area contributed by atoms with Gasteiger partial charge in [-0.2, -0.15) is 0 Å². The van der Waals surface area contributed by atoms with E-state index in [1.807, 2.05) is 24.0 Å². The highest BCUT2D eigenvalue weighted by Gasteiger charge is 2.43. The Labute approximate surface area is 172 Å². The first-order chi connectivity index (χ1) is 14.1. The lowest BCUT2D eigenvalue weighted by Crippen LogP contribution is -2.48.